The van der Waals surface area contributed by atoms with Crippen LogP contribution in [0.4, 0.5) is 34.4 Å². The van der Waals surface area contributed by atoms with E-state index in [1.807, 2.05) is 6.20 Å². The molecule has 0 bridgehead atoms. The topological polar surface area (TPSA) is 50.7 Å². The van der Waals surface area contributed by atoms with Crippen molar-refractivity contribution in [2.45, 2.75) is 64.2 Å². The molecule has 12 rings (SSSR count). The van der Waals surface area contributed by atoms with Crippen LogP contribution in [0.5, 0.6) is 23.0 Å². The molecule has 62 heavy (non-hydrogen) atoms. The van der Waals surface area contributed by atoms with Crippen LogP contribution in [0.3, 0.4) is 0 Å². The van der Waals surface area contributed by atoms with E-state index < -0.39 is 5.41 Å². The average molecular weight is 807 g/mol. The lowest BCUT2D eigenvalue weighted by molar-refractivity contribution is 0.472. The molecule has 6 heterocycles. The summed E-state index contributed by atoms with van der Waals surface area (Å²) in [6, 6.07) is 52.6. The van der Waals surface area contributed by atoms with Gasteiger partial charge >= 0.3 is 0 Å². The highest BCUT2D eigenvalue weighted by Crippen LogP contribution is 2.65. The number of hydrogen-bond acceptors (Lipinski definition) is 6. The molecule has 0 N–H and O–H groups in total. The fraction of sp³-hybridized carbons (Fsp3) is 0.179. The van der Waals surface area contributed by atoms with Crippen LogP contribution < -0.4 is 19.3 Å². The minimum absolute atomic E-state index is 0.240. The molecule has 0 atom stereocenters. The molecule has 0 unspecified atom stereocenters. The fourth-order valence-corrected chi connectivity index (χ4v) is 10.6. The van der Waals surface area contributed by atoms with Crippen LogP contribution in [-0.2, 0) is 10.8 Å². The zero-order valence-corrected chi connectivity index (χ0v) is 35.8. The summed E-state index contributed by atoms with van der Waals surface area (Å²) in [5.41, 5.74) is 14.3. The number of fused-ring (bicyclic) bond motifs is 8. The minimum atomic E-state index is -0.765. The van der Waals surface area contributed by atoms with Gasteiger partial charge in [0, 0.05) is 40.1 Å². The van der Waals surface area contributed by atoms with Gasteiger partial charge in [-0.25, -0.2) is 9.97 Å². The molecule has 6 aromatic carbocycles. The predicted molar refractivity (Wildman–Crippen MR) is 249 cm³/mol. The van der Waals surface area contributed by atoms with Crippen molar-refractivity contribution in [1.82, 2.24) is 9.97 Å². The fourth-order valence-electron chi connectivity index (χ4n) is 10.6. The van der Waals surface area contributed by atoms with Crippen molar-refractivity contribution in [2.24, 2.45) is 0 Å². The van der Waals surface area contributed by atoms with Gasteiger partial charge in [0.1, 0.15) is 11.6 Å². The van der Waals surface area contributed by atoms with E-state index in [0.717, 1.165) is 90.8 Å². The van der Waals surface area contributed by atoms with E-state index in [2.05, 4.69) is 203 Å². The second-order valence-corrected chi connectivity index (χ2v) is 18.2. The van der Waals surface area contributed by atoms with Gasteiger partial charge in [0.15, 0.2) is 23.0 Å². The van der Waals surface area contributed by atoms with Crippen molar-refractivity contribution in [2.75, 3.05) is 9.80 Å². The molecule has 302 valence electrons. The lowest BCUT2D eigenvalue weighted by Crippen LogP contribution is -2.39. The number of ether oxygens (including phenoxy) is 2. The predicted octanol–water partition coefficient (Wildman–Crippen LogP) is 14.9. The second kappa shape index (κ2) is 13.2. The van der Waals surface area contributed by atoms with Crippen molar-refractivity contribution in [3.63, 3.8) is 0 Å². The first-order chi connectivity index (χ1) is 30.2. The van der Waals surface area contributed by atoms with Crippen molar-refractivity contribution in [3.05, 3.63) is 202 Å². The van der Waals surface area contributed by atoms with E-state index in [-0.39, 0.29) is 11.3 Å². The lowest BCUT2D eigenvalue weighted by atomic mass is 9.62. The number of aromatic nitrogens is 2. The van der Waals surface area contributed by atoms with Crippen molar-refractivity contribution in [1.29, 1.82) is 0 Å². The van der Waals surface area contributed by atoms with E-state index in [1.165, 1.54) is 22.3 Å². The molecule has 0 spiro atoms. The number of hydrogen-bond donors (Lipinski definition) is 0. The van der Waals surface area contributed by atoms with E-state index in [4.69, 9.17) is 19.4 Å². The van der Waals surface area contributed by atoms with Crippen LogP contribution in [0.25, 0.3) is 11.1 Å². The summed E-state index contributed by atoms with van der Waals surface area (Å²) in [5.74, 6) is 5.60. The number of rotatable bonds is 5. The Labute approximate surface area is 363 Å². The normalized spacial score (nSPS) is 15.4. The summed E-state index contributed by atoms with van der Waals surface area (Å²) >= 11 is 0. The van der Waals surface area contributed by atoms with Crippen LogP contribution in [0.1, 0.15) is 97.9 Å². The molecule has 2 aromatic heterocycles. The van der Waals surface area contributed by atoms with Crippen molar-refractivity contribution in [3.8, 4) is 34.1 Å². The zero-order valence-electron chi connectivity index (χ0n) is 35.8. The summed E-state index contributed by atoms with van der Waals surface area (Å²) in [6.45, 7) is 13.6. The number of anilines is 6. The third-order valence-electron chi connectivity index (χ3n) is 13.7. The molecule has 0 saturated heterocycles. The minimum Gasteiger partial charge on any atom is -0.453 e. The SMILES string of the molecule is CC(C)c1ccc2c(c1)N1c3ncc(-c4cc(C(C)C)cc5c4Oc4cccc6c4N5c4ncccc4C6(C)C)cc3C(c3ccccc3)(c3ccccc3)c3cccc(c31)O2. The molecule has 0 saturated carbocycles. The number of para-hydroxylation sites is 2. The first-order valence-electron chi connectivity index (χ1n) is 21.8. The third-order valence-corrected chi connectivity index (χ3v) is 13.7. The summed E-state index contributed by atoms with van der Waals surface area (Å²) in [4.78, 5) is 15.4. The molecule has 0 amide bonds. The van der Waals surface area contributed by atoms with Crippen molar-refractivity contribution >= 4 is 34.4 Å². The van der Waals surface area contributed by atoms with E-state index >= 15 is 0 Å². The monoisotopic (exact) mass is 806 g/mol. The van der Waals surface area contributed by atoms with E-state index in [0.29, 0.717) is 5.92 Å². The maximum atomic E-state index is 7.20. The van der Waals surface area contributed by atoms with Gasteiger partial charge in [-0.3, -0.25) is 9.80 Å². The molecule has 0 radical (unpaired) electrons. The van der Waals surface area contributed by atoms with Crippen LogP contribution in [0.15, 0.2) is 158 Å². The number of nitrogens with zero attached hydrogens (tertiary/aromatic N) is 4. The first kappa shape index (κ1) is 36.7. The Morgan fingerprint density at radius 3 is 1.82 bits per heavy atom. The summed E-state index contributed by atoms with van der Waals surface area (Å²) < 4.78 is 14.0. The second-order valence-electron chi connectivity index (χ2n) is 18.2. The van der Waals surface area contributed by atoms with Gasteiger partial charge in [-0.2, -0.15) is 0 Å². The van der Waals surface area contributed by atoms with Crippen LogP contribution in [0.2, 0.25) is 0 Å². The third kappa shape index (κ3) is 4.92. The largest absolute Gasteiger partial charge is 0.453 e. The lowest BCUT2D eigenvalue weighted by Gasteiger charge is -2.47. The standard InChI is InChI=1S/C56H46N4O2/c1-33(2)35-25-26-47-45(30-35)59-51-42(21-14-23-48(51)61-47)56(38-16-9-7-10-17-38,39-18-11-8-12-19-39)44-29-37(32-58-54(44)59)40-28-36(34(3)4)31-46-52(40)62-49-24-13-20-41-50(49)60(46)53-43(55(41,5)6)22-15-27-57-53/h7-34H,1-6H3. The highest BCUT2D eigenvalue weighted by molar-refractivity contribution is 5.98. The highest BCUT2D eigenvalue weighted by atomic mass is 16.5. The van der Waals surface area contributed by atoms with E-state index in [9.17, 15) is 0 Å². The highest BCUT2D eigenvalue weighted by Gasteiger charge is 2.50. The number of benzene rings is 6. The van der Waals surface area contributed by atoms with Gasteiger partial charge in [0.05, 0.1) is 28.2 Å². The van der Waals surface area contributed by atoms with Gasteiger partial charge in [-0.05, 0) is 93.7 Å². The quantitative estimate of drug-likeness (QED) is 0.173. The molecule has 4 aliphatic rings. The van der Waals surface area contributed by atoms with Gasteiger partial charge < -0.3 is 9.47 Å². The summed E-state index contributed by atoms with van der Waals surface area (Å²) in [6.07, 6.45) is 3.96. The van der Waals surface area contributed by atoms with Crippen LogP contribution >= 0.6 is 0 Å². The number of pyridine rings is 2. The summed E-state index contributed by atoms with van der Waals surface area (Å²) in [5, 5.41) is 0. The van der Waals surface area contributed by atoms with Gasteiger partial charge in [-0.1, -0.05) is 139 Å². The summed E-state index contributed by atoms with van der Waals surface area (Å²) in [7, 11) is 0. The van der Waals surface area contributed by atoms with Crippen LogP contribution in [0, 0.1) is 0 Å². The first-order valence-corrected chi connectivity index (χ1v) is 21.8. The molecule has 0 fully saturated rings. The molecule has 8 aromatic rings. The maximum absolute atomic E-state index is 7.20. The van der Waals surface area contributed by atoms with Crippen LogP contribution in [-0.4, -0.2) is 9.97 Å². The molecule has 6 nitrogen and oxygen atoms in total. The Hall–Kier alpha value is -7.18. The smallest absolute Gasteiger partial charge is 0.159 e. The Kier molecular flexibility index (Phi) is 7.78. The van der Waals surface area contributed by atoms with Gasteiger partial charge in [0.2, 0.25) is 0 Å². The van der Waals surface area contributed by atoms with Gasteiger partial charge in [0.25, 0.3) is 0 Å². The Balaban J connectivity index is 1.18. The molecule has 4 aliphatic heterocycles. The van der Waals surface area contributed by atoms with Crippen molar-refractivity contribution < 1.29 is 9.47 Å². The van der Waals surface area contributed by atoms with E-state index in [1.54, 1.807) is 0 Å². The molecule has 6 heteroatoms. The molecule has 0 aliphatic carbocycles. The van der Waals surface area contributed by atoms with Gasteiger partial charge in [-0.15, -0.1) is 0 Å². The molecular formula is C56H46N4O2. The Morgan fingerprint density at radius 2 is 1.11 bits per heavy atom. The maximum Gasteiger partial charge on any atom is 0.159 e. The Bertz CT molecular complexity index is 3100. The Morgan fingerprint density at radius 1 is 0.500 bits per heavy atom. The zero-order chi connectivity index (χ0) is 42.1. The molecular weight excluding hydrogens is 761 g/mol. The average Bonchev–Trinajstić information content (AvgIpc) is 3.30.